The first kappa shape index (κ1) is 33.4. The Kier molecular flexibility index (Phi) is 8.50. The van der Waals surface area contributed by atoms with Gasteiger partial charge in [-0.15, -0.1) is 12.6 Å². The lowest BCUT2D eigenvalue weighted by Gasteiger charge is -2.13. The van der Waals surface area contributed by atoms with Crippen molar-refractivity contribution in [2.75, 3.05) is 0 Å². The highest BCUT2D eigenvalue weighted by molar-refractivity contribution is 7.80. The number of aromatic nitrogens is 4. The zero-order chi connectivity index (χ0) is 37.4. The molecule has 2 heterocycles. The fraction of sp³-hybridized carbons (Fsp3) is 0. The predicted molar refractivity (Wildman–Crippen MR) is 234 cm³/mol. The summed E-state index contributed by atoms with van der Waals surface area (Å²) in [7, 11) is 0. The second kappa shape index (κ2) is 14.3. The number of hydrogen-bond donors (Lipinski definition) is 1. The normalized spacial score (nSPS) is 11.6. The molecular weight excluding hydrogens is 703 g/mol. The molecule has 0 radical (unpaired) electrons. The van der Waals surface area contributed by atoms with Crippen LogP contribution >= 0.6 is 12.6 Å². The number of fused-ring (bicyclic) bond motifs is 4. The SMILES string of the molecule is Sc1ccc2c(-c3nc(-c4ccccc4)nc(-c4cccc5c4c4ccccc4n5-c4cccc(-c5ccccc5)c4)n3)cccc2c1N=Cc1ccccc1. The minimum absolute atomic E-state index is 0.584. The third-order valence-corrected chi connectivity index (χ3v) is 10.6. The Bertz CT molecular complexity index is 3080. The maximum absolute atomic E-state index is 5.30. The quantitative estimate of drug-likeness (QED) is 0.131. The summed E-state index contributed by atoms with van der Waals surface area (Å²) < 4.78 is 2.35. The van der Waals surface area contributed by atoms with Gasteiger partial charge in [0, 0.05) is 49.6 Å². The van der Waals surface area contributed by atoms with Gasteiger partial charge in [-0.2, -0.15) is 0 Å². The van der Waals surface area contributed by atoms with E-state index in [1.54, 1.807) is 0 Å². The van der Waals surface area contributed by atoms with E-state index in [1.807, 2.05) is 79.0 Å². The Morgan fingerprint density at radius 2 is 1.04 bits per heavy atom. The third-order valence-electron chi connectivity index (χ3n) is 10.2. The number of rotatable bonds is 7. The summed E-state index contributed by atoms with van der Waals surface area (Å²) in [4.78, 5) is 21.4. The maximum Gasteiger partial charge on any atom is 0.164 e. The van der Waals surface area contributed by atoms with Gasteiger partial charge in [-0.1, -0.05) is 158 Å². The van der Waals surface area contributed by atoms with Crippen molar-refractivity contribution in [1.29, 1.82) is 0 Å². The van der Waals surface area contributed by atoms with Gasteiger partial charge < -0.3 is 4.57 Å². The molecule has 0 amide bonds. The van der Waals surface area contributed by atoms with Crippen molar-refractivity contribution >= 4 is 57.1 Å². The average molecular weight is 736 g/mol. The van der Waals surface area contributed by atoms with Crippen LogP contribution in [-0.2, 0) is 0 Å². The highest BCUT2D eigenvalue weighted by atomic mass is 32.1. The number of nitrogens with zero attached hydrogens (tertiary/aromatic N) is 5. The summed E-state index contributed by atoms with van der Waals surface area (Å²) in [5.41, 5.74) is 10.2. The fourth-order valence-corrected chi connectivity index (χ4v) is 7.86. The van der Waals surface area contributed by atoms with Gasteiger partial charge in [0.2, 0.25) is 0 Å². The minimum atomic E-state index is 0.584. The van der Waals surface area contributed by atoms with Crippen molar-refractivity contribution in [3.05, 3.63) is 194 Å². The van der Waals surface area contributed by atoms with Gasteiger partial charge in [0.25, 0.3) is 0 Å². The van der Waals surface area contributed by atoms with E-state index in [1.165, 1.54) is 5.56 Å². The molecule has 10 rings (SSSR count). The summed E-state index contributed by atoms with van der Waals surface area (Å²) in [5, 5.41) is 4.15. The Morgan fingerprint density at radius 3 is 1.84 bits per heavy atom. The second-order valence-electron chi connectivity index (χ2n) is 13.6. The molecule has 6 heteroatoms. The average Bonchev–Trinajstić information content (AvgIpc) is 3.61. The van der Waals surface area contributed by atoms with Crippen LogP contribution in [0, 0.1) is 0 Å². The summed E-state index contributed by atoms with van der Waals surface area (Å²) in [6.45, 7) is 0. The van der Waals surface area contributed by atoms with Crippen LogP contribution in [-0.4, -0.2) is 25.7 Å². The molecule has 0 unspecified atom stereocenters. The molecule has 0 bridgehead atoms. The molecule has 0 atom stereocenters. The van der Waals surface area contributed by atoms with E-state index in [9.17, 15) is 0 Å². The smallest absolute Gasteiger partial charge is 0.164 e. The lowest BCUT2D eigenvalue weighted by molar-refractivity contribution is 1.08. The van der Waals surface area contributed by atoms with E-state index < -0.39 is 0 Å². The summed E-state index contributed by atoms with van der Waals surface area (Å²) in [6.07, 6.45) is 1.88. The molecule has 0 saturated carbocycles. The molecule has 264 valence electrons. The van der Waals surface area contributed by atoms with Gasteiger partial charge in [0.15, 0.2) is 17.5 Å². The monoisotopic (exact) mass is 735 g/mol. The highest BCUT2D eigenvalue weighted by Gasteiger charge is 2.21. The van der Waals surface area contributed by atoms with Crippen molar-refractivity contribution in [2.45, 2.75) is 4.90 Å². The fourth-order valence-electron chi connectivity index (χ4n) is 7.61. The summed E-state index contributed by atoms with van der Waals surface area (Å²) in [6, 6.07) is 64.7. The van der Waals surface area contributed by atoms with Crippen molar-refractivity contribution < 1.29 is 0 Å². The van der Waals surface area contributed by atoms with Crippen LogP contribution in [0.2, 0.25) is 0 Å². The number of para-hydroxylation sites is 1. The van der Waals surface area contributed by atoms with Gasteiger partial charge in [0.05, 0.1) is 16.7 Å². The van der Waals surface area contributed by atoms with Crippen LogP contribution in [0.1, 0.15) is 5.56 Å². The van der Waals surface area contributed by atoms with Crippen LogP contribution in [0.4, 0.5) is 5.69 Å². The van der Waals surface area contributed by atoms with Gasteiger partial charge >= 0.3 is 0 Å². The van der Waals surface area contributed by atoms with E-state index >= 15 is 0 Å². The standard InChI is InChI=1S/C50H33N5S/c56-45-30-29-38-39(47(45)51-32-33-15-4-1-5-16-33)24-13-25-40(38)49-52-48(35-19-8-3-9-20-35)53-50(54-49)42-26-14-28-44-46(42)41-23-10-11-27-43(41)55(44)37-22-12-21-36(31-37)34-17-6-2-7-18-34/h1-32,56H. The maximum atomic E-state index is 5.30. The molecule has 0 fully saturated rings. The molecule has 0 spiro atoms. The van der Waals surface area contributed by atoms with E-state index in [0.29, 0.717) is 17.5 Å². The number of aliphatic imine (C=N–C) groups is 1. The number of thiol groups is 1. The van der Waals surface area contributed by atoms with Crippen LogP contribution in [0.3, 0.4) is 0 Å². The molecule has 0 saturated heterocycles. The van der Waals surface area contributed by atoms with E-state index in [4.69, 9.17) is 32.6 Å². The second-order valence-corrected chi connectivity index (χ2v) is 14.1. The van der Waals surface area contributed by atoms with Crippen LogP contribution in [0.5, 0.6) is 0 Å². The lowest BCUT2D eigenvalue weighted by Crippen LogP contribution is -2.01. The van der Waals surface area contributed by atoms with Gasteiger partial charge in [-0.3, -0.25) is 4.99 Å². The van der Waals surface area contributed by atoms with E-state index in [2.05, 4.69) is 120 Å². The highest BCUT2D eigenvalue weighted by Crippen LogP contribution is 2.41. The number of hydrogen-bond acceptors (Lipinski definition) is 5. The first-order chi connectivity index (χ1) is 27.7. The molecule has 0 aliphatic rings. The zero-order valence-corrected chi connectivity index (χ0v) is 31.1. The molecule has 5 nitrogen and oxygen atoms in total. The lowest BCUT2D eigenvalue weighted by atomic mass is 10.0. The first-order valence-corrected chi connectivity index (χ1v) is 19.0. The molecule has 2 aromatic heterocycles. The molecule has 8 aromatic carbocycles. The summed E-state index contributed by atoms with van der Waals surface area (Å²) in [5.74, 6) is 1.79. The molecule has 0 aliphatic heterocycles. The molecule has 0 N–H and O–H groups in total. The van der Waals surface area contributed by atoms with Crippen molar-refractivity contribution in [3.63, 3.8) is 0 Å². The van der Waals surface area contributed by atoms with Crippen molar-refractivity contribution in [2.24, 2.45) is 4.99 Å². The van der Waals surface area contributed by atoms with E-state index in [0.717, 1.165) is 76.7 Å². The van der Waals surface area contributed by atoms with Crippen LogP contribution in [0.15, 0.2) is 198 Å². The topological polar surface area (TPSA) is 56.0 Å². The predicted octanol–water partition coefficient (Wildman–Crippen LogP) is 12.8. The Hall–Kier alpha value is -7.15. The summed E-state index contributed by atoms with van der Waals surface area (Å²) >= 11 is 4.83. The molecular formula is C50H33N5S. The molecule has 0 aliphatic carbocycles. The van der Waals surface area contributed by atoms with Gasteiger partial charge in [-0.05, 0) is 52.4 Å². The van der Waals surface area contributed by atoms with Gasteiger partial charge in [0.1, 0.15) is 0 Å². The Morgan fingerprint density at radius 1 is 0.446 bits per heavy atom. The largest absolute Gasteiger partial charge is 0.309 e. The van der Waals surface area contributed by atoms with Crippen molar-refractivity contribution in [3.8, 4) is 51.0 Å². The molecule has 56 heavy (non-hydrogen) atoms. The van der Waals surface area contributed by atoms with Crippen molar-refractivity contribution in [1.82, 2.24) is 19.5 Å². The zero-order valence-electron chi connectivity index (χ0n) is 30.2. The van der Waals surface area contributed by atoms with Gasteiger partial charge in [-0.25, -0.2) is 15.0 Å². The first-order valence-electron chi connectivity index (χ1n) is 18.5. The minimum Gasteiger partial charge on any atom is -0.309 e. The molecule has 10 aromatic rings. The van der Waals surface area contributed by atoms with Crippen LogP contribution in [0.25, 0.3) is 83.6 Å². The van der Waals surface area contributed by atoms with E-state index in [-0.39, 0.29) is 0 Å². The van der Waals surface area contributed by atoms with Crippen LogP contribution < -0.4 is 0 Å². The third kappa shape index (κ3) is 6.03. The number of benzene rings is 8. The Balaban J connectivity index is 1.19. The Labute approximate surface area is 329 Å².